The Hall–Kier alpha value is -1.30. The minimum atomic E-state index is -0.537. The number of urea groups is 1. The summed E-state index contributed by atoms with van der Waals surface area (Å²) in [6, 6.07) is -0.948. The van der Waals surface area contributed by atoms with Crippen LogP contribution in [0.4, 0.5) is 4.79 Å². The van der Waals surface area contributed by atoms with Gasteiger partial charge in [0.1, 0.15) is 11.6 Å². The molecule has 2 amide bonds. The van der Waals surface area contributed by atoms with Gasteiger partial charge >= 0.3 is 12.0 Å². The van der Waals surface area contributed by atoms with Crippen molar-refractivity contribution in [3.63, 3.8) is 0 Å². The Kier molecular flexibility index (Phi) is 3.74. The molecule has 0 radical (unpaired) electrons. The summed E-state index contributed by atoms with van der Waals surface area (Å²) in [6.45, 7) is 5.93. The van der Waals surface area contributed by atoms with Gasteiger partial charge in [0.15, 0.2) is 0 Å². The van der Waals surface area contributed by atoms with Gasteiger partial charge in [-0.15, -0.1) is 0 Å². The Morgan fingerprint density at radius 3 is 2.56 bits per heavy atom. The fourth-order valence-corrected chi connectivity index (χ4v) is 1.71. The number of esters is 1. The van der Waals surface area contributed by atoms with Crippen LogP contribution in [0.15, 0.2) is 0 Å². The Morgan fingerprint density at radius 2 is 2.06 bits per heavy atom. The van der Waals surface area contributed by atoms with Crippen molar-refractivity contribution in [2.24, 2.45) is 5.84 Å². The summed E-state index contributed by atoms with van der Waals surface area (Å²) >= 11 is 0. The first kappa shape index (κ1) is 12.8. The van der Waals surface area contributed by atoms with Crippen LogP contribution in [0.2, 0.25) is 0 Å². The number of hydrazine groups is 1. The standard InChI is InChI=1S/C10H19N3O3/c1-10(2,3)16-8(14)7-5-4-6-13(7)9(15)12-11/h7H,4-6,11H2,1-3H3,(H,12,15). The van der Waals surface area contributed by atoms with Gasteiger partial charge in [0.2, 0.25) is 0 Å². The van der Waals surface area contributed by atoms with Crippen molar-refractivity contribution < 1.29 is 14.3 Å². The maximum Gasteiger partial charge on any atom is 0.332 e. The van der Waals surface area contributed by atoms with Crippen LogP contribution in [0.5, 0.6) is 0 Å². The van der Waals surface area contributed by atoms with E-state index in [0.29, 0.717) is 13.0 Å². The van der Waals surface area contributed by atoms with Gasteiger partial charge in [0.25, 0.3) is 0 Å². The fraction of sp³-hybridized carbons (Fsp3) is 0.800. The van der Waals surface area contributed by atoms with E-state index in [0.717, 1.165) is 6.42 Å². The summed E-state index contributed by atoms with van der Waals surface area (Å²) in [5.74, 6) is 4.68. The number of hydrogen-bond acceptors (Lipinski definition) is 4. The van der Waals surface area contributed by atoms with Crippen molar-refractivity contribution in [1.29, 1.82) is 0 Å². The molecule has 0 saturated carbocycles. The molecular formula is C10H19N3O3. The molecule has 1 aliphatic rings. The van der Waals surface area contributed by atoms with Crippen LogP contribution in [0.25, 0.3) is 0 Å². The molecule has 3 N–H and O–H groups in total. The van der Waals surface area contributed by atoms with Gasteiger partial charge in [0, 0.05) is 6.54 Å². The van der Waals surface area contributed by atoms with Gasteiger partial charge in [-0.2, -0.15) is 0 Å². The molecule has 1 unspecified atom stereocenters. The molecule has 0 aromatic heterocycles. The van der Waals surface area contributed by atoms with Crippen molar-refractivity contribution in [3.8, 4) is 0 Å². The van der Waals surface area contributed by atoms with Crippen molar-refractivity contribution in [2.75, 3.05) is 6.54 Å². The molecule has 0 bridgehead atoms. The first-order valence-corrected chi connectivity index (χ1v) is 5.35. The molecule has 92 valence electrons. The Balaban J connectivity index is 2.65. The minimum absolute atomic E-state index is 0.367. The molecule has 0 aromatic carbocycles. The second-order valence-electron chi connectivity index (χ2n) is 4.83. The topological polar surface area (TPSA) is 84.7 Å². The third kappa shape index (κ3) is 3.10. The monoisotopic (exact) mass is 229 g/mol. The number of nitrogens with one attached hydrogen (secondary N) is 1. The van der Waals surface area contributed by atoms with Crippen LogP contribution in [0.3, 0.4) is 0 Å². The van der Waals surface area contributed by atoms with Crippen LogP contribution in [0.1, 0.15) is 33.6 Å². The number of ether oxygens (including phenoxy) is 1. The van der Waals surface area contributed by atoms with E-state index in [4.69, 9.17) is 10.6 Å². The predicted molar refractivity (Wildman–Crippen MR) is 58.3 cm³/mol. The van der Waals surface area contributed by atoms with Gasteiger partial charge in [-0.25, -0.2) is 15.4 Å². The molecule has 0 aliphatic carbocycles. The molecule has 1 aliphatic heterocycles. The summed E-state index contributed by atoms with van der Waals surface area (Å²) in [5, 5.41) is 0. The predicted octanol–water partition coefficient (Wildman–Crippen LogP) is 0.376. The highest BCUT2D eigenvalue weighted by atomic mass is 16.6. The normalized spacial score (nSPS) is 20.8. The lowest BCUT2D eigenvalue weighted by Crippen LogP contribution is -2.49. The number of likely N-dealkylation sites (tertiary alicyclic amines) is 1. The van der Waals surface area contributed by atoms with E-state index >= 15 is 0 Å². The van der Waals surface area contributed by atoms with Crippen molar-refractivity contribution in [1.82, 2.24) is 10.3 Å². The van der Waals surface area contributed by atoms with Crippen LogP contribution >= 0.6 is 0 Å². The molecule has 1 rings (SSSR count). The maximum atomic E-state index is 11.8. The molecule has 1 heterocycles. The van der Waals surface area contributed by atoms with E-state index in [1.54, 1.807) is 20.8 Å². The van der Waals surface area contributed by atoms with Crippen molar-refractivity contribution >= 4 is 12.0 Å². The number of amides is 2. The Morgan fingerprint density at radius 1 is 1.44 bits per heavy atom. The molecule has 1 fully saturated rings. The van der Waals surface area contributed by atoms with E-state index in [-0.39, 0.29) is 5.97 Å². The lowest BCUT2D eigenvalue weighted by atomic mass is 10.1. The molecule has 6 nitrogen and oxygen atoms in total. The highest BCUT2D eigenvalue weighted by Crippen LogP contribution is 2.20. The molecular weight excluding hydrogens is 210 g/mol. The summed E-state index contributed by atoms with van der Waals surface area (Å²) in [5.41, 5.74) is 1.50. The Bertz CT molecular complexity index is 286. The largest absolute Gasteiger partial charge is 0.458 e. The fourth-order valence-electron chi connectivity index (χ4n) is 1.71. The van der Waals surface area contributed by atoms with E-state index in [1.807, 2.05) is 5.43 Å². The van der Waals surface area contributed by atoms with E-state index in [2.05, 4.69) is 0 Å². The van der Waals surface area contributed by atoms with Crippen molar-refractivity contribution in [2.45, 2.75) is 45.3 Å². The summed E-state index contributed by atoms with van der Waals surface area (Å²) < 4.78 is 5.25. The number of rotatable bonds is 1. The highest BCUT2D eigenvalue weighted by Gasteiger charge is 2.36. The molecule has 1 atom stereocenters. The van der Waals surface area contributed by atoms with E-state index < -0.39 is 17.7 Å². The van der Waals surface area contributed by atoms with Gasteiger partial charge in [-0.3, -0.25) is 5.43 Å². The number of hydrogen-bond donors (Lipinski definition) is 2. The molecule has 0 spiro atoms. The summed E-state index contributed by atoms with van der Waals surface area (Å²) in [6.07, 6.45) is 1.42. The zero-order valence-electron chi connectivity index (χ0n) is 9.95. The lowest BCUT2D eigenvalue weighted by Gasteiger charge is -2.26. The number of carbonyl (C=O) groups excluding carboxylic acids is 2. The van der Waals surface area contributed by atoms with Crippen LogP contribution < -0.4 is 11.3 Å². The number of nitrogens with zero attached hydrogens (tertiary/aromatic N) is 1. The average Bonchev–Trinajstić information content (AvgIpc) is 2.62. The van der Waals surface area contributed by atoms with Gasteiger partial charge in [-0.1, -0.05) is 0 Å². The number of nitrogens with two attached hydrogens (primary N) is 1. The van der Waals surface area contributed by atoms with Gasteiger partial charge in [0.05, 0.1) is 0 Å². The second-order valence-corrected chi connectivity index (χ2v) is 4.83. The second kappa shape index (κ2) is 4.69. The first-order chi connectivity index (χ1) is 7.35. The third-order valence-electron chi connectivity index (χ3n) is 2.32. The van der Waals surface area contributed by atoms with Crippen molar-refractivity contribution in [3.05, 3.63) is 0 Å². The quantitative estimate of drug-likeness (QED) is 0.294. The zero-order chi connectivity index (χ0) is 12.3. The van der Waals surface area contributed by atoms with Gasteiger partial charge in [-0.05, 0) is 33.6 Å². The molecule has 16 heavy (non-hydrogen) atoms. The summed E-state index contributed by atoms with van der Waals surface area (Å²) in [7, 11) is 0. The average molecular weight is 229 g/mol. The first-order valence-electron chi connectivity index (χ1n) is 5.35. The van der Waals surface area contributed by atoms with Crippen LogP contribution in [-0.2, 0) is 9.53 Å². The summed E-state index contributed by atoms with van der Waals surface area (Å²) in [4.78, 5) is 24.6. The number of carbonyl (C=O) groups is 2. The molecule has 0 aromatic rings. The van der Waals surface area contributed by atoms with E-state index in [1.165, 1.54) is 4.90 Å². The zero-order valence-corrected chi connectivity index (χ0v) is 9.95. The maximum absolute atomic E-state index is 11.8. The van der Waals surface area contributed by atoms with E-state index in [9.17, 15) is 9.59 Å². The Labute approximate surface area is 95.1 Å². The lowest BCUT2D eigenvalue weighted by molar-refractivity contribution is -0.159. The van der Waals surface area contributed by atoms with Crippen LogP contribution in [-0.4, -0.2) is 35.1 Å². The minimum Gasteiger partial charge on any atom is -0.458 e. The highest BCUT2D eigenvalue weighted by molar-refractivity contribution is 5.84. The van der Waals surface area contributed by atoms with Gasteiger partial charge < -0.3 is 9.64 Å². The van der Waals surface area contributed by atoms with Crippen LogP contribution in [0, 0.1) is 0 Å². The smallest absolute Gasteiger partial charge is 0.332 e. The molecule has 6 heteroatoms. The third-order valence-corrected chi connectivity index (χ3v) is 2.32. The molecule has 1 saturated heterocycles. The SMILES string of the molecule is CC(C)(C)OC(=O)C1CCCN1C(=O)NN.